The first-order valence-corrected chi connectivity index (χ1v) is 10.5. The summed E-state index contributed by atoms with van der Waals surface area (Å²) < 4.78 is 2.33. The second-order valence-corrected chi connectivity index (χ2v) is 8.34. The number of aromatic nitrogens is 2. The Hall–Kier alpha value is -2.10. The predicted molar refractivity (Wildman–Crippen MR) is 108 cm³/mol. The molecule has 27 heavy (non-hydrogen) atoms. The van der Waals surface area contributed by atoms with Gasteiger partial charge in [-0.05, 0) is 31.2 Å². The van der Waals surface area contributed by atoms with Crippen molar-refractivity contribution < 1.29 is 4.79 Å². The maximum absolute atomic E-state index is 12.7. The largest absolute Gasteiger partial charge is 0.342 e. The van der Waals surface area contributed by atoms with Crippen LogP contribution in [0.25, 0.3) is 0 Å². The minimum absolute atomic E-state index is 0.349. The van der Waals surface area contributed by atoms with Gasteiger partial charge in [0.2, 0.25) is 5.91 Å². The van der Waals surface area contributed by atoms with E-state index in [1.54, 1.807) is 0 Å². The molecule has 2 heterocycles. The number of amides is 1. The number of rotatable bonds is 6. The van der Waals surface area contributed by atoms with E-state index in [0.29, 0.717) is 11.8 Å². The smallest absolute Gasteiger partial charge is 0.222 e. The Morgan fingerprint density at radius 2 is 1.93 bits per heavy atom. The highest BCUT2D eigenvalue weighted by atomic mass is 16.2. The lowest BCUT2D eigenvalue weighted by atomic mass is 10.0. The van der Waals surface area contributed by atoms with Gasteiger partial charge in [0.05, 0.1) is 0 Å². The standard InChI is InChI=1S/C23H31N3O/c1-18-15-24-23(26(18)16-20-9-3-2-4-10-20)21-13-14-25(17-21)22(27)12-11-19-7-5-6-8-19/h2-4,9-10,15,19,21H,5-8,11-14,16-17H2,1H3. The van der Waals surface area contributed by atoms with Crippen LogP contribution in [0, 0.1) is 12.8 Å². The topological polar surface area (TPSA) is 38.1 Å². The van der Waals surface area contributed by atoms with Gasteiger partial charge < -0.3 is 9.47 Å². The summed E-state index contributed by atoms with van der Waals surface area (Å²) >= 11 is 0. The molecule has 1 unspecified atom stereocenters. The predicted octanol–water partition coefficient (Wildman–Crippen LogP) is 4.53. The molecule has 1 aliphatic carbocycles. The van der Waals surface area contributed by atoms with Crippen LogP contribution in [-0.4, -0.2) is 33.4 Å². The van der Waals surface area contributed by atoms with Gasteiger partial charge in [0.25, 0.3) is 0 Å². The van der Waals surface area contributed by atoms with Crippen molar-refractivity contribution in [2.75, 3.05) is 13.1 Å². The molecule has 0 spiro atoms. The van der Waals surface area contributed by atoms with Crippen LogP contribution in [0.2, 0.25) is 0 Å². The van der Waals surface area contributed by atoms with Gasteiger partial charge >= 0.3 is 0 Å². The van der Waals surface area contributed by atoms with Gasteiger partial charge in [0.1, 0.15) is 5.82 Å². The van der Waals surface area contributed by atoms with E-state index in [1.165, 1.54) is 36.9 Å². The molecule has 2 fully saturated rings. The van der Waals surface area contributed by atoms with Crippen molar-refractivity contribution in [2.45, 2.75) is 64.3 Å². The molecule has 1 aromatic heterocycles. The summed E-state index contributed by atoms with van der Waals surface area (Å²) in [5.41, 5.74) is 2.49. The zero-order valence-electron chi connectivity index (χ0n) is 16.4. The van der Waals surface area contributed by atoms with E-state index in [1.807, 2.05) is 6.20 Å². The van der Waals surface area contributed by atoms with Crippen LogP contribution < -0.4 is 0 Å². The molecule has 2 aromatic rings. The lowest BCUT2D eigenvalue weighted by molar-refractivity contribution is -0.130. The highest BCUT2D eigenvalue weighted by molar-refractivity contribution is 5.76. The van der Waals surface area contributed by atoms with Crippen molar-refractivity contribution in [3.8, 4) is 0 Å². The molecule has 1 aromatic carbocycles. The highest BCUT2D eigenvalue weighted by Crippen LogP contribution is 2.31. The molecule has 2 aliphatic rings. The summed E-state index contributed by atoms with van der Waals surface area (Å²) in [4.78, 5) is 19.5. The summed E-state index contributed by atoms with van der Waals surface area (Å²) in [5.74, 6) is 2.64. The second-order valence-electron chi connectivity index (χ2n) is 8.34. The minimum Gasteiger partial charge on any atom is -0.342 e. The van der Waals surface area contributed by atoms with E-state index in [2.05, 4.69) is 46.7 Å². The number of imidazole rings is 1. The molecule has 4 heteroatoms. The van der Waals surface area contributed by atoms with E-state index >= 15 is 0 Å². The number of hydrogen-bond donors (Lipinski definition) is 0. The first kappa shape index (κ1) is 18.3. The fraction of sp³-hybridized carbons (Fsp3) is 0.565. The number of likely N-dealkylation sites (tertiary alicyclic amines) is 1. The Morgan fingerprint density at radius 3 is 2.70 bits per heavy atom. The van der Waals surface area contributed by atoms with Crippen LogP contribution in [0.4, 0.5) is 0 Å². The average molecular weight is 366 g/mol. The van der Waals surface area contributed by atoms with Crippen molar-refractivity contribution in [1.29, 1.82) is 0 Å². The van der Waals surface area contributed by atoms with Crippen LogP contribution >= 0.6 is 0 Å². The van der Waals surface area contributed by atoms with Gasteiger partial charge in [0.15, 0.2) is 0 Å². The number of carbonyl (C=O) groups is 1. The Bertz CT molecular complexity index is 761. The summed E-state index contributed by atoms with van der Waals surface area (Å²) in [7, 11) is 0. The molecule has 1 aliphatic heterocycles. The lowest BCUT2D eigenvalue weighted by Gasteiger charge is -2.18. The third-order valence-corrected chi connectivity index (χ3v) is 6.42. The van der Waals surface area contributed by atoms with E-state index in [0.717, 1.165) is 50.6 Å². The number of carbonyl (C=O) groups excluding carboxylic acids is 1. The van der Waals surface area contributed by atoms with Gasteiger partial charge in [-0.3, -0.25) is 4.79 Å². The number of nitrogens with zero attached hydrogens (tertiary/aromatic N) is 3. The summed E-state index contributed by atoms with van der Waals surface area (Å²) in [6.07, 6.45) is 10.2. The van der Waals surface area contributed by atoms with Gasteiger partial charge in [-0.2, -0.15) is 0 Å². The van der Waals surface area contributed by atoms with Gasteiger partial charge in [-0.15, -0.1) is 0 Å². The van der Waals surface area contributed by atoms with Crippen molar-refractivity contribution in [1.82, 2.24) is 14.5 Å². The molecule has 0 N–H and O–H groups in total. The molecule has 0 radical (unpaired) electrons. The number of benzene rings is 1. The quantitative estimate of drug-likeness (QED) is 0.754. The van der Waals surface area contributed by atoms with Crippen molar-refractivity contribution >= 4 is 5.91 Å². The van der Waals surface area contributed by atoms with Gasteiger partial charge in [-0.25, -0.2) is 4.98 Å². The maximum Gasteiger partial charge on any atom is 0.222 e. The van der Waals surface area contributed by atoms with Crippen molar-refractivity contribution in [2.24, 2.45) is 5.92 Å². The minimum atomic E-state index is 0.349. The Balaban J connectivity index is 1.38. The molecule has 1 atom stereocenters. The zero-order valence-corrected chi connectivity index (χ0v) is 16.4. The van der Waals surface area contributed by atoms with Crippen LogP contribution in [0.3, 0.4) is 0 Å². The van der Waals surface area contributed by atoms with Crippen molar-refractivity contribution in [3.63, 3.8) is 0 Å². The molecule has 1 amide bonds. The molecular weight excluding hydrogens is 334 g/mol. The molecule has 4 nitrogen and oxygen atoms in total. The molecular formula is C23H31N3O. The fourth-order valence-corrected chi connectivity index (χ4v) is 4.76. The first-order chi connectivity index (χ1) is 13.2. The second kappa shape index (κ2) is 8.28. The number of hydrogen-bond acceptors (Lipinski definition) is 2. The molecule has 144 valence electrons. The van der Waals surface area contributed by atoms with Gasteiger partial charge in [-0.1, -0.05) is 56.0 Å². The first-order valence-electron chi connectivity index (χ1n) is 10.5. The fourth-order valence-electron chi connectivity index (χ4n) is 4.76. The van der Waals surface area contributed by atoms with Gasteiger partial charge in [0, 0.05) is 43.9 Å². The van der Waals surface area contributed by atoms with Crippen LogP contribution in [0.5, 0.6) is 0 Å². The summed E-state index contributed by atoms with van der Waals surface area (Å²) in [6, 6.07) is 10.5. The Kier molecular flexibility index (Phi) is 5.61. The van der Waals surface area contributed by atoms with E-state index < -0.39 is 0 Å². The maximum atomic E-state index is 12.7. The Morgan fingerprint density at radius 1 is 1.15 bits per heavy atom. The van der Waals surface area contributed by atoms with Crippen LogP contribution in [-0.2, 0) is 11.3 Å². The normalized spacial score (nSPS) is 20.5. The molecule has 1 saturated carbocycles. The lowest BCUT2D eigenvalue weighted by Crippen LogP contribution is -2.29. The average Bonchev–Trinajstić information content (AvgIpc) is 3.43. The highest BCUT2D eigenvalue weighted by Gasteiger charge is 2.30. The monoisotopic (exact) mass is 365 g/mol. The van der Waals surface area contributed by atoms with Crippen molar-refractivity contribution in [3.05, 3.63) is 53.6 Å². The number of aryl methyl sites for hydroxylation is 1. The SMILES string of the molecule is Cc1cnc(C2CCN(C(=O)CCC3CCCC3)C2)n1Cc1ccccc1. The zero-order chi connectivity index (χ0) is 18.6. The van der Waals surface area contributed by atoms with Crippen LogP contribution in [0.1, 0.15) is 67.9 Å². The van der Waals surface area contributed by atoms with Crippen LogP contribution in [0.15, 0.2) is 36.5 Å². The van der Waals surface area contributed by atoms with E-state index in [-0.39, 0.29) is 0 Å². The molecule has 0 bridgehead atoms. The Labute approximate surface area is 162 Å². The summed E-state index contributed by atoms with van der Waals surface area (Å²) in [6.45, 7) is 4.69. The molecule has 4 rings (SSSR count). The third-order valence-electron chi connectivity index (χ3n) is 6.42. The van der Waals surface area contributed by atoms with E-state index in [9.17, 15) is 4.79 Å². The molecule has 1 saturated heterocycles. The third kappa shape index (κ3) is 4.26. The summed E-state index contributed by atoms with van der Waals surface area (Å²) in [5, 5.41) is 0. The van der Waals surface area contributed by atoms with E-state index in [4.69, 9.17) is 4.98 Å².